The first-order chi connectivity index (χ1) is 71.9. The van der Waals surface area contributed by atoms with Crippen molar-refractivity contribution in [2.75, 3.05) is 58.1 Å². The number of amides is 6. The zero-order valence-electron chi connectivity index (χ0n) is 83.9. The topological polar surface area (TPSA) is 459 Å². The Kier molecular flexibility index (Phi) is 38.6. The molecule has 0 spiro atoms. The third-order valence-electron chi connectivity index (χ3n) is 22.1. The van der Waals surface area contributed by atoms with Gasteiger partial charge in [-0.25, -0.2) is 39.9 Å². The van der Waals surface area contributed by atoms with Crippen LogP contribution in [0.15, 0.2) is 241 Å². The van der Waals surface area contributed by atoms with Gasteiger partial charge in [0.25, 0.3) is 23.6 Å². The molecule has 17 rings (SSSR count). The van der Waals surface area contributed by atoms with E-state index in [1.807, 2.05) is 111 Å². The summed E-state index contributed by atoms with van der Waals surface area (Å²) in [5.41, 5.74) is 13.9. The molecule has 0 fully saturated rings. The maximum Gasteiger partial charge on any atom is 0.274 e. The Bertz CT molecular complexity index is 7790. The van der Waals surface area contributed by atoms with Crippen LogP contribution >= 0.6 is 69.3 Å². The molecule has 0 saturated carbocycles. The van der Waals surface area contributed by atoms with Crippen LogP contribution in [0.25, 0.3) is 124 Å². The third kappa shape index (κ3) is 29.1. The summed E-state index contributed by atoms with van der Waals surface area (Å²) in [5.74, 6) is 2.18. The summed E-state index contributed by atoms with van der Waals surface area (Å²) in [6, 6.07) is 46.3. The summed E-state index contributed by atoms with van der Waals surface area (Å²) in [6.07, 6.45) is 16.1. The van der Waals surface area contributed by atoms with E-state index >= 15 is 0 Å². The minimum Gasteiger partial charge on any atom is -0.455 e. The zero-order valence-corrected chi connectivity index (χ0v) is 88.5. The van der Waals surface area contributed by atoms with E-state index in [4.69, 9.17) is 89.8 Å². The molecule has 0 unspecified atom stereocenters. The Morgan fingerprint density at radius 1 is 0.433 bits per heavy atom. The molecule has 150 heavy (non-hydrogen) atoms. The number of aliphatic hydroxyl groups excluding tert-OH is 1. The highest BCUT2D eigenvalue weighted by Gasteiger charge is 2.32. The van der Waals surface area contributed by atoms with E-state index in [-0.39, 0.29) is 119 Å². The van der Waals surface area contributed by atoms with E-state index in [0.717, 1.165) is 62.5 Å². The smallest absolute Gasteiger partial charge is 0.274 e. The maximum absolute atomic E-state index is 13.1. The molecular weight excluding hydrogens is 2040 g/mol. The van der Waals surface area contributed by atoms with Gasteiger partial charge in [0.15, 0.2) is 40.1 Å². The minimum atomic E-state index is -0.716. The van der Waals surface area contributed by atoms with Crippen LogP contribution in [0.1, 0.15) is 135 Å². The summed E-state index contributed by atoms with van der Waals surface area (Å²) >= 11 is 33.3. The lowest BCUT2D eigenvalue weighted by atomic mass is 10.0. The van der Waals surface area contributed by atoms with Crippen LogP contribution in [-0.2, 0) is 54.5 Å². The summed E-state index contributed by atoms with van der Waals surface area (Å²) in [6.45, 7) is 20.2. The van der Waals surface area contributed by atoms with Gasteiger partial charge in [0.05, 0.1) is 49.7 Å². The molecule has 34 nitrogen and oxygen atoms in total. The van der Waals surface area contributed by atoms with Gasteiger partial charge < -0.3 is 68.0 Å². The predicted octanol–water partition coefficient (Wildman–Crippen LogP) is 22.1. The zero-order chi connectivity index (χ0) is 108. The number of rotatable bonds is 32. The Hall–Kier alpha value is -16.0. The van der Waals surface area contributed by atoms with Crippen molar-refractivity contribution in [2.24, 2.45) is 0 Å². The van der Waals surface area contributed by atoms with Gasteiger partial charge in [-0.05, 0) is 194 Å². The van der Waals surface area contributed by atoms with E-state index in [1.54, 1.807) is 182 Å². The fraction of sp³-hybridized carbons (Fsp3) is 0.218. The van der Waals surface area contributed by atoms with Crippen LogP contribution in [0, 0.1) is 34.6 Å². The second-order valence-electron chi connectivity index (χ2n) is 34.5. The first-order valence-electron chi connectivity index (χ1n) is 46.7. The van der Waals surface area contributed by atoms with Crippen LogP contribution < -0.4 is 26.6 Å². The molecule has 0 aliphatic carbocycles. The molecule has 1 atom stereocenters. The molecule has 0 aliphatic heterocycles. The highest BCUT2D eigenvalue weighted by molar-refractivity contribution is 7.13. The second kappa shape index (κ2) is 52.1. The van der Waals surface area contributed by atoms with Crippen molar-refractivity contribution < 1.29 is 75.1 Å². The van der Waals surface area contributed by atoms with Crippen LogP contribution in [0.2, 0.25) is 25.1 Å². The van der Waals surface area contributed by atoms with E-state index in [2.05, 4.69) is 76.4 Å². The molecule has 5 aromatic carbocycles. The fourth-order valence-electron chi connectivity index (χ4n) is 14.9. The lowest BCUT2D eigenvalue weighted by Crippen LogP contribution is -2.31. The first-order valence-corrected chi connectivity index (χ1v) is 49.5. The lowest BCUT2D eigenvalue weighted by molar-refractivity contribution is -0.117. The number of ketones is 3. The number of aliphatic hydroxyl groups is 1. The number of carbonyl (C=O) groups excluding carboxylic acids is 9. The molecule has 12 heterocycles. The number of ether oxygens (including phenoxy) is 1. The highest BCUT2D eigenvalue weighted by Crippen LogP contribution is 2.45. The van der Waals surface area contributed by atoms with Gasteiger partial charge in [0, 0.05) is 208 Å². The van der Waals surface area contributed by atoms with Gasteiger partial charge in [0.2, 0.25) is 35.4 Å². The molecule has 0 saturated heterocycles. The monoisotopic (exact) mass is 2140 g/mol. The second-order valence-corrected chi connectivity index (χ2v) is 37.5. The van der Waals surface area contributed by atoms with Gasteiger partial charge in [-0.2, -0.15) is 0 Å². The number of halogens is 5. The van der Waals surface area contributed by atoms with Gasteiger partial charge in [-0.3, -0.25) is 58.1 Å². The Labute approximate surface area is 891 Å². The van der Waals surface area contributed by atoms with E-state index in [9.17, 15) is 48.3 Å². The molecule has 6 amide bonds. The van der Waals surface area contributed by atoms with Gasteiger partial charge in [-0.1, -0.05) is 119 Å². The Morgan fingerprint density at radius 2 is 0.800 bits per heavy atom. The van der Waals surface area contributed by atoms with Gasteiger partial charge in [-0.15, -0.1) is 11.3 Å². The number of nitrogens with one attached hydrogen (secondary N) is 5. The average Bonchev–Trinajstić information content (AvgIpc) is 1.69. The number of furan rings is 1. The molecule has 12 aromatic heterocycles. The largest absolute Gasteiger partial charge is 0.455 e. The van der Waals surface area contributed by atoms with E-state index < -0.39 is 17.9 Å². The highest BCUT2D eigenvalue weighted by atomic mass is 35.5. The Balaban J connectivity index is 0.000000156. The number of anilines is 2. The number of carbonyl (C=O) groups is 9. The van der Waals surface area contributed by atoms with Crippen LogP contribution in [0.3, 0.4) is 0 Å². The van der Waals surface area contributed by atoms with Crippen molar-refractivity contribution in [1.82, 2.24) is 80.2 Å². The predicted molar refractivity (Wildman–Crippen MR) is 575 cm³/mol. The number of nitrogens with zero attached hydrogens (tertiary/aromatic N) is 13. The summed E-state index contributed by atoms with van der Waals surface area (Å²) in [4.78, 5) is 158. The standard InChI is InChI=1S/C25H24ClN5O3.C22H21ClN2O3.2C21H21ClN4O4.C21H16ClN3O2S/c1-16-14-29-18(12-17(2)32)13-20(16)25-30-22(23(34-25)19-6-3-4-7-21(19)26)24(33)28-8-5-10-31-11-9-27-15-31;1-13-12-24-15(9-14(2)26)10-17(13)20-11-18(22(27)25(3)4)21(28-20)16-7-5-6-8-19(16)23;1-11-9-23-17(25-13(3)28)8-15(11)21-26-18(20(29)24-10-12(2)27)19(30-21)14-6-4-5-7-16(14)22;1-12-11-24-17(25-13(2)27)10-15(12)21-26-18(20(28)23-8-9-29-3)19(30-21)14-6-4-5-7-16(14)22;1-12-11-24-14(9-13(2)26)10-16(12)20-25-18(21-23-7-8-28-21)19(27-20)15-5-3-4-6-17(15)22/h3-4,6-7,9,11,13-15H,5,8,10,12H2,1-2H3,(H,28,33);5-8,10-12H,9H2,1-4H3;4-9,12,27H,10H2,1-3H3,(H,24,29)(H,23,25,28);4-7,10-11H,8-9H2,1-3H3,(H,23,28)(H,24,25,27);3-8,10-11H,9H2,1-2H3/t;;12-;;/m..1../s1. The normalized spacial score (nSPS) is 11.0. The number of imidazole rings is 1. The first kappa shape index (κ1) is 111. The average molecular weight is 2140 g/mol. The van der Waals surface area contributed by atoms with Crippen molar-refractivity contribution in [3.05, 3.63) is 312 Å². The van der Waals surface area contributed by atoms with Gasteiger partial charge in [0.1, 0.15) is 51.2 Å². The molecule has 6 N–H and O–H groups in total. The van der Waals surface area contributed by atoms with Crippen LogP contribution in [0.5, 0.6) is 0 Å². The van der Waals surface area contributed by atoms with Crippen LogP contribution in [0.4, 0.5) is 11.6 Å². The van der Waals surface area contributed by atoms with Crippen molar-refractivity contribution in [1.29, 1.82) is 0 Å². The molecule has 0 bridgehead atoms. The summed E-state index contributed by atoms with van der Waals surface area (Å²) in [5, 5.41) is 28.0. The number of oxazole rings is 4. The number of methoxy groups -OCH3 is 1. The van der Waals surface area contributed by atoms with Crippen LogP contribution in [-0.4, -0.2) is 176 Å². The maximum atomic E-state index is 13.1. The number of hydrogen-bond acceptors (Lipinski definition) is 28. The van der Waals surface area contributed by atoms with Crippen molar-refractivity contribution in [3.8, 4) is 124 Å². The molecule has 40 heteroatoms. The Morgan fingerprint density at radius 3 is 1.17 bits per heavy atom. The lowest BCUT2D eigenvalue weighted by Gasteiger charge is -2.10. The van der Waals surface area contributed by atoms with Crippen molar-refractivity contribution >= 4 is 134 Å². The third-order valence-corrected chi connectivity index (χ3v) is 24.5. The molecular formula is C110H103Cl5N18O16S. The molecule has 770 valence electrons. The number of aromatic nitrogens is 12. The summed E-state index contributed by atoms with van der Waals surface area (Å²) < 4.78 is 37.3. The minimum absolute atomic E-state index is 0.00206. The number of aryl methyl sites for hydroxylation is 6. The summed E-state index contributed by atoms with van der Waals surface area (Å²) in [7, 11) is 4.93. The molecule has 0 aliphatic rings. The molecule has 17 aromatic rings. The number of benzene rings is 5. The number of hydrogen-bond donors (Lipinski definition) is 6. The van der Waals surface area contributed by atoms with Gasteiger partial charge >= 0.3 is 0 Å². The van der Waals surface area contributed by atoms with E-state index in [1.165, 1.54) is 43.9 Å². The van der Waals surface area contributed by atoms with Crippen molar-refractivity contribution in [3.63, 3.8) is 0 Å². The SMILES string of the molecule is CC(=O)Cc1cc(-c2cc(C(=O)N(C)C)c(-c3ccccc3Cl)o2)c(C)cn1.CC(=O)Cc1cc(-c2nc(-c3nccs3)c(-c3ccccc3Cl)o2)c(C)cn1.CC(=O)Cc1cc(-c2nc(C(=O)NCCCn3ccnc3)c(-c3ccccc3Cl)o2)c(C)cn1.CC(=O)Nc1cc(-c2nc(C(=O)NC[C@@H](C)O)c(-c3ccccc3Cl)o2)c(C)cn1.COCCNC(=O)c1nc(-c2cc(NC(C)=O)ncc2C)oc1-c1ccccc1Cl. The number of thiazole rings is 1. The molecule has 0 radical (unpaired) electrons. The number of pyridine rings is 5. The quantitative estimate of drug-likeness (QED) is 0.0213. The fourth-order valence-corrected chi connectivity index (χ4v) is 16.6. The van der Waals surface area contributed by atoms with Crippen molar-refractivity contribution in [2.45, 2.75) is 114 Å². The number of Topliss-reactive ketones (excluding diaryl/α,β-unsaturated/α-hetero) is 3. The van der Waals surface area contributed by atoms with E-state index in [0.29, 0.717) is 147 Å².